The monoisotopic (exact) mass is 492 g/mol. The number of benzene rings is 2. The summed E-state index contributed by atoms with van der Waals surface area (Å²) in [6.07, 6.45) is 2.34. The van der Waals surface area contributed by atoms with Gasteiger partial charge in [0.2, 0.25) is 0 Å². The fourth-order valence-electron chi connectivity index (χ4n) is 3.01. The molecule has 2 aromatic carbocycles. The molecular formula is C26H36O9. The van der Waals surface area contributed by atoms with E-state index in [-0.39, 0.29) is 5.56 Å². The Hall–Kier alpha value is -3.30. The molecule has 9 nitrogen and oxygen atoms in total. The molecule has 0 heterocycles. The number of carbonyl (C=O) groups is 2. The fourth-order valence-corrected chi connectivity index (χ4v) is 3.01. The van der Waals surface area contributed by atoms with E-state index in [1.807, 2.05) is 6.92 Å². The Morgan fingerprint density at radius 2 is 1.23 bits per heavy atom. The molecule has 0 fully saturated rings. The quantitative estimate of drug-likeness (QED) is 0.304. The van der Waals surface area contributed by atoms with Crippen LogP contribution in [0.15, 0.2) is 24.3 Å². The van der Waals surface area contributed by atoms with Crippen LogP contribution >= 0.6 is 0 Å². The maximum Gasteiger partial charge on any atom is 0.336 e. The number of rotatable bonds is 14. The molecular weight excluding hydrogens is 456 g/mol. The van der Waals surface area contributed by atoms with Crippen LogP contribution in [0.1, 0.15) is 44.7 Å². The van der Waals surface area contributed by atoms with Gasteiger partial charge in [0.25, 0.3) is 0 Å². The molecule has 194 valence electrons. The number of aromatic carboxylic acids is 1. The highest BCUT2D eigenvalue weighted by Crippen LogP contribution is 2.31. The number of hydrogen-bond donors (Lipinski definition) is 1. The molecule has 0 saturated heterocycles. The smallest absolute Gasteiger partial charge is 0.336 e. The number of carbonyl (C=O) groups excluding carboxylic acids is 1. The number of hydrogen-bond acceptors (Lipinski definition) is 8. The number of methoxy groups -OCH3 is 4. The van der Waals surface area contributed by atoms with Gasteiger partial charge < -0.3 is 33.5 Å². The van der Waals surface area contributed by atoms with Gasteiger partial charge in [0, 0.05) is 45.8 Å². The topological polar surface area (TPSA) is 110 Å². The third-order valence-corrected chi connectivity index (χ3v) is 4.92. The Labute approximate surface area is 206 Å². The van der Waals surface area contributed by atoms with Crippen LogP contribution in [0.3, 0.4) is 0 Å². The first kappa shape index (κ1) is 29.7. The fraction of sp³-hybridized carbons (Fsp3) is 0.462. The molecule has 0 amide bonds. The lowest BCUT2D eigenvalue weighted by Gasteiger charge is -2.13. The molecule has 0 spiro atoms. The minimum Gasteiger partial charge on any atom is -0.493 e. The predicted molar refractivity (Wildman–Crippen MR) is 132 cm³/mol. The average Bonchev–Trinajstić information content (AvgIpc) is 2.85. The summed E-state index contributed by atoms with van der Waals surface area (Å²) in [5.74, 6) is 1.24. The zero-order valence-electron chi connectivity index (χ0n) is 21.3. The van der Waals surface area contributed by atoms with Gasteiger partial charge in [-0.1, -0.05) is 0 Å². The summed E-state index contributed by atoms with van der Waals surface area (Å²) in [4.78, 5) is 21.9. The number of aryl methyl sites for hydroxylation is 2. The number of aldehydes is 1. The zero-order chi connectivity index (χ0) is 26.2. The number of carboxylic acid groups (broad SMARTS) is 1. The minimum atomic E-state index is -0.975. The van der Waals surface area contributed by atoms with Gasteiger partial charge >= 0.3 is 5.97 Å². The highest BCUT2D eigenvalue weighted by Gasteiger charge is 2.14. The van der Waals surface area contributed by atoms with E-state index in [9.17, 15) is 9.59 Å². The van der Waals surface area contributed by atoms with Crippen LogP contribution in [0.4, 0.5) is 0 Å². The highest BCUT2D eigenvalue weighted by atomic mass is 16.5. The van der Waals surface area contributed by atoms with E-state index in [2.05, 4.69) is 0 Å². The molecule has 0 aliphatic rings. The van der Waals surface area contributed by atoms with Gasteiger partial charge in [-0.2, -0.15) is 0 Å². The molecule has 35 heavy (non-hydrogen) atoms. The summed E-state index contributed by atoms with van der Waals surface area (Å²) >= 11 is 0. The summed E-state index contributed by atoms with van der Waals surface area (Å²) in [6.45, 7) is 5.81. The maximum absolute atomic E-state index is 11.0. The van der Waals surface area contributed by atoms with Gasteiger partial charge in [0.15, 0.2) is 23.0 Å². The van der Waals surface area contributed by atoms with Crippen molar-refractivity contribution >= 4 is 12.3 Å². The Bertz CT molecular complexity index is 941. The van der Waals surface area contributed by atoms with Crippen molar-refractivity contribution in [2.24, 2.45) is 0 Å². The van der Waals surface area contributed by atoms with Crippen molar-refractivity contribution in [2.45, 2.75) is 26.7 Å². The summed E-state index contributed by atoms with van der Waals surface area (Å²) in [5.41, 5.74) is 2.36. The standard InChI is InChI=1S/C13H18O5.C13H18O4/c1-9-7-11(17-3)12(8-10(9)13(14)15)18-6-4-5-16-2;1-10-7-12(16-3)13(8-11(10)9-14)17-6-4-5-15-2/h7-8H,4-6H2,1-3H3,(H,14,15);7-9H,4-6H2,1-3H3. The van der Waals surface area contributed by atoms with E-state index in [0.29, 0.717) is 60.6 Å². The predicted octanol–water partition coefficient (Wildman–Crippen LogP) is 4.35. The Kier molecular flexibility index (Phi) is 13.9. The van der Waals surface area contributed by atoms with Crippen molar-refractivity contribution in [2.75, 3.05) is 54.9 Å². The van der Waals surface area contributed by atoms with E-state index in [4.69, 9.17) is 33.5 Å². The second-order valence-corrected chi connectivity index (χ2v) is 7.49. The number of carboxylic acids is 1. The summed E-state index contributed by atoms with van der Waals surface area (Å²) in [6, 6.07) is 6.65. The first-order chi connectivity index (χ1) is 16.8. The molecule has 9 heteroatoms. The first-order valence-corrected chi connectivity index (χ1v) is 11.1. The van der Waals surface area contributed by atoms with Crippen LogP contribution in [0.2, 0.25) is 0 Å². The van der Waals surface area contributed by atoms with E-state index < -0.39 is 5.97 Å². The molecule has 0 aliphatic heterocycles. The molecule has 0 saturated carbocycles. The average molecular weight is 493 g/mol. The molecule has 0 radical (unpaired) electrons. The summed E-state index contributed by atoms with van der Waals surface area (Å²) < 4.78 is 31.3. The van der Waals surface area contributed by atoms with Crippen molar-refractivity contribution in [3.63, 3.8) is 0 Å². The van der Waals surface area contributed by atoms with Crippen molar-refractivity contribution in [3.05, 3.63) is 46.5 Å². The van der Waals surface area contributed by atoms with Gasteiger partial charge in [-0.25, -0.2) is 4.79 Å². The molecule has 0 aliphatic carbocycles. The van der Waals surface area contributed by atoms with Crippen molar-refractivity contribution in [1.82, 2.24) is 0 Å². The minimum absolute atomic E-state index is 0.220. The van der Waals surface area contributed by atoms with Crippen molar-refractivity contribution in [1.29, 1.82) is 0 Å². The Morgan fingerprint density at radius 1 is 0.743 bits per heavy atom. The molecule has 0 bridgehead atoms. The van der Waals surface area contributed by atoms with Crippen molar-refractivity contribution in [3.8, 4) is 23.0 Å². The van der Waals surface area contributed by atoms with Gasteiger partial charge in [-0.05, 0) is 49.2 Å². The first-order valence-electron chi connectivity index (χ1n) is 11.1. The summed E-state index contributed by atoms with van der Waals surface area (Å²) in [7, 11) is 6.38. The van der Waals surface area contributed by atoms with Gasteiger partial charge in [-0.3, -0.25) is 4.79 Å². The normalized spacial score (nSPS) is 10.1. The lowest BCUT2D eigenvalue weighted by atomic mass is 10.1. The molecule has 2 aromatic rings. The van der Waals surface area contributed by atoms with E-state index in [0.717, 1.165) is 24.7 Å². The van der Waals surface area contributed by atoms with Crippen LogP contribution in [0, 0.1) is 13.8 Å². The van der Waals surface area contributed by atoms with Gasteiger partial charge in [0.05, 0.1) is 33.0 Å². The zero-order valence-corrected chi connectivity index (χ0v) is 21.3. The molecule has 0 atom stereocenters. The van der Waals surface area contributed by atoms with E-state index in [1.54, 1.807) is 46.5 Å². The third-order valence-electron chi connectivity index (χ3n) is 4.92. The number of ether oxygens (including phenoxy) is 6. The molecule has 2 rings (SSSR count). The maximum atomic E-state index is 11.0. The van der Waals surface area contributed by atoms with E-state index in [1.165, 1.54) is 13.2 Å². The third kappa shape index (κ3) is 9.84. The van der Waals surface area contributed by atoms with Crippen LogP contribution in [0.5, 0.6) is 23.0 Å². The molecule has 1 N–H and O–H groups in total. The van der Waals surface area contributed by atoms with Crippen molar-refractivity contribution < 1.29 is 43.1 Å². The Morgan fingerprint density at radius 3 is 1.66 bits per heavy atom. The van der Waals surface area contributed by atoms with Gasteiger partial charge in [0.1, 0.15) is 6.29 Å². The second kappa shape index (κ2) is 16.3. The SMILES string of the molecule is COCCCOc1cc(C(=O)O)c(C)cc1OC.COCCCOc1cc(C=O)c(C)cc1OC. The second-order valence-electron chi connectivity index (χ2n) is 7.49. The van der Waals surface area contributed by atoms with E-state index >= 15 is 0 Å². The highest BCUT2D eigenvalue weighted by molar-refractivity contribution is 5.90. The van der Waals surface area contributed by atoms with Crippen LogP contribution in [0.25, 0.3) is 0 Å². The van der Waals surface area contributed by atoms with Crippen LogP contribution < -0.4 is 18.9 Å². The Balaban J connectivity index is 0.000000351. The van der Waals surface area contributed by atoms with Gasteiger partial charge in [-0.15, -0.1) is 0 Å². The lowest BCUT2D eigenvalue weighted by Crippen LogP contribution is -2.06. The summed E-state index contributed by atoms with van der Waals surface area (Å²) in [5, 5.41) is 9.05. The molecule has 0 unspecified atom stereocenters. The van der Waals surface area contributed by atoms with Crippen LogP contribution in [-0.2, 0) is 9.47 Å². The van der Waals surface area contributed by atoms with Crippen LogP contribution in [-0.4, -0.2) is 72.2 Å². The lowest BCUT2D eigenvalue weighted by molar-refractivity contribution is 0.0695. The molecule has 0 aromatic heterocycles. The largest absolute Gasteiger partial charge is 0.493 e.